The van der Waals surface area contributed by atoms with Crippen molar-refractivity contribution in [2.45, 2.75) is 43.4 Å². The zero-order valence-corrected chi connectivity index (χ0v) is 20.7. The molecule has 2 atom stereocenters. The van der Waals surface area contributed by atoms with Crippen LogP contribution < -0.4 is 0 Å². The summed E-state index contributed by atoms with van der Waals surface area (Å²) < 4.78 is 32.4. The van der Waals surface area contributed by atoms with Crippen LogP contribution in [-0.4, -0.2) is 18.1 Å². The maximum absolute atomic E-state index is 11.5. The lowest BCUT2D eigenvalue weighted by Gasteiger charge is -2.19. The highest BCUT2D eigenvalue weighted by Crippen LogP contribution is 2.31. The minimum Gasteiger partial charge on any atom is -0.506 e. The number of aromatic hydroxyl groups is 1. The van der Waals surface area contributed by atoms with Gasteiger partial charge in [-0.05, 0) is 58.4 Å². The molecular weight excluding hydrogens is 456 g/mol. The van der Waals surface area contributed by atoms with Crippen molar-refractivity contribution < 1.29 is 18.1 Å². The van der Waals surface area contributed by atoms with Gasteiger partial charge in [-0.25, -0.2) is 0 Å². The van der Waals surface area contributed by atoms with Gasteiger partial charge in [0.25, 0.3) is 10.1 Å². The highest BCUT2D eigenvalue weighted by molar-refractivity contribution is 7.86. The predicted molar refractivity (Wildman–Crippen MR) is 140 cm³/mol. The molecule has 2 unspecified atom stereocenters. The number of aryl methyl sites for hydroxylation is 2. The van der Waals surface area contributed by atoms with E-state index in [1.54, 1.807) is 6.07 Å². The van der Waals surface area contributed by atoms with Crippen LogP contribution in [0, 0.1) is 0 Å². The van der Waals surface area contributed by atoms with Gasteiger partial charge < -0.3 is 5.11 Å². The Morgan fingerprint density at radius 1 is 0.686 bits per heavy atom. The fourth-order valence-electron chi connectivity index (χ4n) is 4.57. The summed E-state index contributed by atoms with van der Waals surface area (Å²) in [6.45, 7) is 4.42. The Morgan fingerprint density at radius 3 is 1.91 bits per heavy atom. The Kier molecular flexibility index (Phi) is 7.39. The third kappa shape index (κ3) is 5.81. The van der Waals surface area contributed by atoms with E-state index in [4.69, 9.17) is 0 Å². The van der Waals surface area contributed by atoms with E-state index in [-0.39, 0.29) is 5.92 Å². The summed E-state index contributed by atoms with van der Waals surface area (Å²) in [6.07, 6.45) is 1.29. The molecule has 0 fully saturated rings. The van der Waals surface area contributed by atoms with E-state index in [2.05, 4.69) is 74.5 Å². The molecule has 0 spiro atoms. The Bertz CT molecular complexity index is 1390. The first kappa shape index (κ1) is 24.7. The third-order valence-electron chi connectivity index (χ3n) is 6.74. The summed E-state index contributed by atoms with van der Waals surface area (Å²) in [5.74, 6) is 0.0709. The van der Waals surface area contributed by atoms with Crippen LogP contribution in [0.5, 0.6) is 5.75 Å². The monoisotopic (exact) mass is 486 g/mol. The smallest absolute Gasteiger partial charge is 0.298 e. The lowest BCUT2D eigenvalue weighted by atomic mass is 9.86. The SMILES string of the molecule is CC(c1ccccc1)c1ccc(C(C)c2ccccc2CCc2ccc(O)c(S(=O)(=O)O)c2)cc1. The molecule has 0 aliphatic heterocycles. The Morgan fingerprint density at radius 2 is 1.26 bits per heavy atom. The van der Waals surface area contributed by atoms with Gasteiger partial charge in [-0.3, -0.25) is 4.55 Å². The van der Waals surface area contributed by atoms with Crippen molar-refractivity contribution in [3.8, 4) is 5.75 Å². The number of rotatable bonds is 8. The van der Waals surface area contributed by atoms with Gasteiger partial charge in [0.15, 0.2) is 0 Å². The number of hydrogen-bond acceptors (Lipinski definition) is 3. The highest BCUT2D eigenvalue weighted by Gasteiger charge is 2.17. The van der Waals surface area contributed by atoms with Crippen LogP contribution >= 0.6 is 0 Å². The molecule has 0 saturated carbocycles. The first-order valence-corrected chi connectivity index (χ1v) is 13.2. The van der Waals surface area contributed by atoms with Gasteiger partial charge in [0.1, 0.15) is 10.6 Å². The summed E-state index contributed by atoms with van der Waals surface area (Å²) in [4.78, 5) is -0.457. The van der Waals surface area contributed by atoms with E-state index in [0.29, 0.717) is 18.8 Å². The molecule has 0 aromatic heterocycles. The van der Waals surface area contributed by atoms with Gasteiger partial charge in [-0.15, -0.1) is 0 Å². The number of hydrogen-bond donors (Lipinski definition) is 2. The van der Waals surface area contributed by atoms with Crippen molar-refractivity contribution >= 4 is 10.1 Å². The largest absolute Gasteiger partial charge is 0.506 e. The Labute approximate surface area is 207 Å². The van der Waals surface area contributed by atoms with Crippen LogP contribution in [0.15, 0.2) is 102 Å². The second-order valence-corrected chi connectivity index (χ2v) is 10.4. The molecule has 0 saturated heterocycles. The van der Waals surface area contributed by atoms with Gasteiger partial charge in [0.2, 0.25) is 0 Å². The lowest BCUT2D eigenvalue weighted by molar-refractivity contribution is 0.443. The van der Waals surface area contributed by atoms with E-state index < -0.39 is 20.8 Å². The normalized spacial score (nSPS) is 13.3. The fourth-order valence-corrected chi connectivity index (χ4v) is 5.20. The van der Waals surface area contributed by atoms with Crippen molar-refractivity contribution in [2.24, 2.45) is 0 Å². The fraction of sp³-hybridized carbons (Fsp3) is 0.200. The van der Waals surface area contributed by atoms with Crippen molar-refractivity contribution in [1.29, 1.82) is 0 Å². The topological polar surface area (TPSA) is 74.6 Å². The zero-order valence-electron chi connectivity index (χ0n) is 19.9. The van der Waals surface area contributed by atoms with Crippen LogP contribution in [0.4, 0.5) is 0 Å². The molecule has 0 aliphatic carbocycles. The molecule has 4 rings (SSSR count). The molecule has 0 radical (unpaired) electrons. The van der Waals surface area contributed by atoms with E-state index in [0.717, 1.165) is 5.56 Å². The molecular formula is C30H30O4S. The average molecular weight is 487 g/mol. The average Bonchev–Trinajstić information content (AvgIpc) is 2.87. The first-order chi connectivity index (χ1) is 16.7. The van der Waals surface area contributed by atoms with Gasteiger partial charge >= 0.3 is 0 Å². The molecule has 2 N–H and O–H groups in total. The molecule has 5 heteroatoms. The summed E-state index contributed by atoms with van der Waals surface area (Å²) in [6, 6.07) is 31.9. The summed E-state index contributed by atoms with van der Waals surface area (Å²) in [7, 11) is -4.47. The minimum atomic E-state index is -4.47. The van der Waals surface area contributed by atoms with Crippen molar-refractivity contribution in [1.82, 2.24) is 0 Å². The molecule has 4 aromatic carbocycles. The van der Waals surface area contributed by atoms with Crippen molar-refractivity contribution in [3.63, 3.8) is 0 Å². The summed E-state index contributed by atoms with van der Waals surface area (Å²) >= 11 is 0. The van der Waals surface area contributed by atoms with Crippen LogP contribution in [0.3, 0.4) is 0 Å². The molecule has 180 valence electrons. The standard InChI is InChI=1S/C30H30O4S/c1-21(24-8-4-3-5-9-24)25-15-17-26(18-16-25)22(2)28-11-7-6-10-27(28)14-12-23-13-19-29(31)30(20-23)35(32,33)34/h3-11,13,15-22,31H,12,14H2,1-2H3,(H,32,33,34). The van der Waals surface area contributed by atoms with Gasteiger partial charge in [-0.2, -0.15) is 8.42 Å². The molecule has 0 heterocycles. The maximum atomic E-state index is 11.5. The quantitative estimate of drug-likeness (QED) is 0.271. The number of phenolic OH excluding ortho intramolecular Hbond substituents is 1. The molecule has 0 bridgehead atoms. The van der Waals surface area contributed by atoms with Crippen LogP contribution in [0.25, 0.3) is 0 Å². The molecule has 35 heavy (non-hydrogen) atoms. The van der Waals surface area contributed by atoms with Crippen LogP contribution in [0.2, 0.25) is 0 Å². The molecule has 0 aliphatic rings. The molecule has 0 amide bonds. The summed E-state index contributed by atoms with van der Waals surface area (Å²) in [5.41, 5.74) is 6.96. The van der Waals surface area contributed by atoms with E-state index in [9.17, 15) is 18.1 Å². The molecule has 4 nitrogen and oxygen atoms in total. The van der Waals surface area contributed by atoms with E-state index in [1.165, 1.54) is 39.9 Å². The lowest BCUT2D eigenvalue weighted by Crippen LogP contribution is -2.04. The second-order valence-electron chi connectivity index (χ2n) is 9.00. The predicted octanol–water partition coefficient (Wildman–Crippen LogP) is 6.73. The van der Waals surface area contributed by atoms with Crippen LogP contribution in [-0.2, 0) is 23.0 Å². The van der Waals surface area contributed by atoms with Gasteiger partial charge in [0.05, 0.1) is 0 Å². The Balaban J connectivity index is 1.52. The third-order valence-corrected chi connectivity index (χ3v) is 7.63. The van der Waals surface area contributed by atoms with Crippen LogP contribution in [0.1, 0.15) is 59.1 Å². The first-order valence-electron chi connectivity index (χ1n) is 11.8. The van der Waals surface area contributed by atoms with Crippen molar-refractivity contribution in [2.75, 3.05) is 0 Å². The van der Waals surface area contributed by atoms with Gasteiger partial charge in [0, 0.05) is 11.8 Å². The number of phenols is 1. The highest BCUT2D eigenvalue weighted by atomic mass is 32.2. The van der Waals surface area contributed by atoms with Crippen molar-refractivity contribution in [3.05, 3.63) is 130 Å². The summed E-state index contributed by atoms with van der Waals surface area (Å²) in [5, 5.41) is 9.78. The van der Waals surface area contributed by atoms with E-state index in [1.807, 2.05) is 18.2 Å². The van der Waals surface area contributed by atoms with E-state index >= 15 is 0 Å². The van der Waals surface area contributed by atoms with Gasteiger partial charge in [-0.1, -0.05) is 98.8 Å². The number of benzene rings is 4. The zero-order chi connectivity index (χ0) is 25.0. The Hall–Kier alpha value is -3.41. The second kappa shape index (κ2) is 10.5. The minimum absolute atomic E-state index is 0.195. The maximum Gasteiger partial charge on any atom is 0.298 e. The molecule has 4 aromatic rings.